The molecule has 1 atom stereocenters. The SMILES string of the molecule is O=C(N[C@@H]1CCn2nccc2C1)c1cccc2ccccc12. The minimum absolute atomic E-state index is 0.00904. The average molecular weight is 291 g/mol. The number of fused-ring (bicyclic) bond motifs is 2. The quantitative estimate of drug-likeness (QED) is 0.789. The van der Waals surface area contributed by atoms with Gasteiger partial charge in [0.05, 0.1) is 0 Å². The molecule has 110 valence electrons. The van der Waals surface area contributed by atoms with E-state index in [4.69, 9.17) is 0 Å². The van der Waals surface area contributed by atoms with Crippen LogP contribution < -0.4 is 5.32 Å². The summed E-state index contributed by atoms with van der Waals surface area (Å²) in [5.41, 5.74) is 1.94. The zero-order valence-corrected chi connectivity index (χ0v) is 12.2. The number of carbonyl (C=O) groups excluding carboxylic acids is 1. The molecule has 0 fully saturated rings. The van der Waals surface area contributed by atoms with Crippen molar-refractivity contribution in [3.63, 3.8) is 0 Å². The van der Waals surface area contributed by atoms with E-state index in [2.05, 4.69) is 10.4 Å². The lowest BCUT2D eigenvalue weighted by molar-refractivity contribution is 0.0932. The number of rotatable bonds is 2. The molecule has 0 saturated carbocycles. The van der Waals surface area contributed by atoms with Crippen molar-refractivity contribution in [2.24, 2.45) is 0 Å². The summed E-state index contributed by atoms with van der Waals surface area (Å²) in [6, 6.07) is 16.1. The van der Waals surface area contributed by atoms with Crippen molar-refractivity contribution in [1.29, 1.82) is 0 Å². The van der Waals surface area contributed by atoms with Crippen LogP contribution in [-0.4, -0.2) is 21.7 Å². The number of hydrogen-bond acceptors (Lipinski definition) is 2. The molecule has 1 amide bonds. The first-order valence-corrected chi connectivity index (χ1v) is 7.60. The van der Waals surface area contributed by atoms with Gasteiger partial charge in [0.15, 0.2) is 0 Å². The summed E-state index contributed by atoms with van der Waals surface area (Å²) in [5.74, 6) is 0.00904. The zero-order chi connectivity index (χ0) is 14.9. The van der Waals surface area contributed by atoms with Gasteiger partial charge in [0.2, 0.25) is 0 Å². The smallest absolute Gasteiger partial charge is 0.252 e. The third kappa shape index (κ3) is 2.26. The molecule has 1 aliphatic heterocycles. The van der Waals surface area contributed by atoms with E-state index in [0.29, 0.717) is 0 Å². The molecule has 0 aliphatic carbocycles. The summed E-state index contributed by atoms with van der Waals surface area (Å²) in [4.78, 5) is 12.6. The molecule has 2 heterocycles. The molecule has 0 bridgehead atoms. The molecule has 2 aromatic carbocycles. The topological polar surface area (TPSA) is 46.9 Å². The van der Waals surface area contributed by atoms with Crippen LogP contribution in [0.3, 0.4) is 0 Å². The van der Waals surface area contributed by atoms with Crippen molar-refractivity contribution in [3.05, 3.63) is 66.0 Å². The number of benzene rings is 2. The fourth-order valence-electron chi connectivity index (χ4n) is 3.18. The van der Waals surface area contributed by atoms with Gasteiger partial charge in [0.25, 0.3) is 5.91 Å². The first-order valence-electron chi connectivity index (χ1n) is 7.60. The summed E-state index contributed by atoms with van der Waals surface area (Å²) < 4.78 is 2.01. The molecule has 4 nitrogen and oxygen atoms in total. The summed E-state index contributed by atoms with van der Waals surface area (Å²) in [6.45, 7) is 0.864. The first kappa shape index (κ1) is 13.1. The minimum atomic E-state index is 0.00904. The van der Waals surface area contributed by atoms with Crippen LogP contribution in [-0.2, 0) is 13.0 Å². The van der Waals surface area contributed by atoms with E-state index in [9.17, 15) is 4.79 Å². The Bertz CT molecular complexity index is 832. The van der Waals surface area contributed by atoms with Crippen molar-refractivity contribution in [2.45, 2.75) is 25.4 Å². The Morgan fingerprint density at radius 2 is 2.00 bits per heavy atom. The Kier molecular flexibility index (Phi) is 3.15. The number of nitrogens with zero attached hydrogens (tertiary/aromatic N) is 2. The summed E-state index contributed by atoms with van der Waals surface area (Å²) >= 11 is 0. The second-order valence-corrected chi connectivity index (χ2v) is 5.74. The Hall–Kier alpha value is -2.62. The predicted octanol–water partition coefficient (Wildman–Crippen LogP) is 2.78. The lowest BCUT2D eigenvalue weighted by Crippen LogP contribution is -2.40. The molecule has 22 heavy (non-hydrogen) atoms. The Morgan fingerprint density at radius 3 is 2.95 bits per heavy atom. The lowest BCUT2D eigenvalue weighted by Gasteiger charge is -2.24. The Morgan fingerprint density at radius 1 is 1.14 bits per heavy atom. The number of carbonyl (C=O) groups is 1. The maximum Gasteiger partial charge on any atom is 0.252 e. The molecule has 0 radical (unpaired) electrons. The summed E-state index contributed by atoms with van der Waals surface area (Å²) in [5, 5.41) is 9.55. The van der Waals surface area contributed by atoms with Gasteiger partial charge in [-0.05, 0) is 29.3 Å². The van der Waals surface area contributed by atoms with E-state index in [-0.39, 0.29) is 11.9 Å². The number of aryl methyl sites for hydroxylation is 1. The van der Waals surface area contributed by atoms with Crippen LogP contribution in [0.25, 0.3) is 10.8 Å². The molecule has 1 aliphatic rings. The van der Waals surface area contributed by atoms with Crippen LogP contribution in [0.4, 0.5) is 0 Å². The highest BCUT2D eigenvalue weighted by molar-refractivity contribution is 6.07. The van der Waals surface area contributed by atoms with E-state index < -0.39 is 0 Å². The maximum atomic E-state index is 12.6. The first-order chi connectivity index (χ1) is 10.8. The molecular weight excluding hydrogens is 274 g/mol. The lowest BCUT2D eigenvalue weighted by atomic mass is 10.0. The normalized spacial score (nSPS) is 17.2. The monoisotopic (exact) mass is 291 g/mol. The number of nitrogens with one attached hydrogen (secondary N) is 1. The van der Waals surface area contributed by atoms with Gasteiger partial charge in [0, 0.05) is 36.5 Å². The van der Waals surface area contributed by atoms with Crippen LogP contribution in [0.1, 0.15) is 22.5 Å². The molecule has 4 rings (SSSR count). The average Bonchev–Trinajstić information content (AvgIpc) is 3.02. The number of amides is 1. The molecule has 0 spiro atoms. The van der Waals surface area contributed by atoms with Crippen LogP contribution in [0.5, 0.6) is 0 Å². The minimum Gasteiger partial charge on any atom is -0.349 e. The van der Waals surface area contributed by atoms with Gasteiger partial charge in [-0.3, -0.25) is 9.48 Å². The fraction of sp³-hybridized carbons (Fsp3) is 0.222. The van der Waals surface area contributed by atoms with Crippen molar-refractivity contribution >= 4 is 16.7 Å². The largest absolute Gasteiger partial charge is 0.349 e. The molecule has 0 saturated heterocycles. The molecule has 4 heteroatoms. The highest BCUT2D eigenvalue weighted by Gasteiger charge is 2.21. The second-order valence-electron chi connectivity index (χ2n) is 5.74. The second kappa shape index (κ2) is 5.30. The summed E-state index contributed by atoms with van der Waals surface area (Å²) in [6.07, 6.45) is 3.59. The summed E-state index contributed by atoms with van der Waals surface area (Å²) in [7, 11) is 0. The van der Waals surface area contributed by atoms with Crippen molar-refractivity contribution in [2.75, 3.05) is 0 Å². The van der Waals surface area contributed by atoms with Crippen LogP contribution in [0.2, 0.25) is 0 Å². The van der Waals surface area contributed by atoms with Crippen LogP contribution >= 0.6 is 0 Å². The highest BCUT2D eigenvalue weighted by Crippen LogP contribution is 2.20. The molecular formula is C18H17N3O. The van der Waals surface area contributed by atoms with E-state index in [1.807, 2.05) is 59.4 Å². The van der Waals surface area contributed by atoms with E-state index in [1.165, 1.54) is 5.69 Å². The van der Waals surface area contributed by atoms with Crippen molar-refractivity contribution in [3.8, 4) is 0 Å². The molecule has 3 aromatic rings. The number of aromatic nitrogens is 2. The van der Waals surface area contributed by atoms with Crippen molar-refractivity contribution < 1.29 is 4.79 Å². The maximum absolute atomic E-state index is 12.6. The standard InChI is InChI=1S/C18H17N3O/c22-18(17-7-3-5-13-4-1-2-6-16(13)17)20-14-9-11-21-15(12-14)8-10-19-21/h1-8,10,14H,9,11-12H2,(H,20,22)/t14-/m1/s1. The van der Waals surface area contributed by atoms with Gasteiger partial charge in [-0.15, -0.1) is 0 Å². The predicted molar refractivity (Wildman–Crippen MR) is 85.8 cm³/mol. The van der Waals surface area contributed by atoms with Crippen LogP contribution in [0.15, 0.2) is 54.7 Å². The van der Waals surface area contributed by atoms with Crippen molar-refractivity contribution in [1.82, 2.24) is 15.1 Å². The van der Waals surface area contributed by atoms with Gasteiger partial charge >= 0.3 is 0 Å². The van der Waals surface area contributed by atoms with Gasteiger partial charge in [-0.25, -0.2) is 0 Å². The number of hydrogen-bond donors (Lipinski definition) is 1. The third-order valence-electron chi connectivity index (χ3n) is 4.32. The van der Waals surface area contributed by atoms with Gasteiger partial charge in [-0.1, -0.05) is 36.4 Å². The van der Waals surface area contributed by atoms with E-state index >= 15 is 0 Å². The Labute approximate surface area is 128 Å². The van der Waals surface area contributed by atoms with Crippen LogP contribution in [0, 0.1) is 0 Å². The zero-order valence-electron chi connectivity index (χ0n) is 12.2. The Balaban J connectivity index is 1.57. The van der Waals surface area contributed by atoms with E-state index in [0.717, 1.165) is 35.7 Å². The highest BCUT2D eigenvalue weighted by atomic mass is 16.1. The van der Waals surface area contributed by atoms with Gasteiger partial charge < -0.3 is 5.32 Å². The fourth-order valence-corrected chi connectivity index (χ4v) is 3.18. The van der Waals surface area contributed by atoms with Gasteiger partial charge in [0.1, 0.15) is 0 Å². The molecule has 1 aromatic heterocycles. The molecule has 1 N–H and O–H groups in total. The van der Waals surface area contributed by atoms with E-state index in [1.54, 1.807) is 0 Å². The van der Waals surface area contributed by atoms with Gasteiger partial charge in [-0.2, -0.15) is 5.10 Å². The molecule has 0 unspecified atom stereocenters. The third-order valence-corrected chi connectivity index (χ3v) is 4.32.